The van der Waals surface area contributed by atoms with Crippen LogP contribution in [0.2, 0.25) is 0 Å². The minimum Gasteiger partial charge on any atom is -0.383 e. The Bertz CT molecular complexity index is 1070. The van der Waals surface area contributed by atoms with Crippen LogP contribution in [-0.2, 0) is 23.9 Å². The van der Waals surface area contributed by atoms with Gasteiger partial charge in [-0.1, -0.05) is 44.0 Å². The van der Waals surface area contributed by atoms with Crippen LogP contribution >= 0.6 is 0 Å². The molecule has 186 valence electrons. The standard InChI is InChI=1S/C24H32F3N5O2/c1-4-6-7-8-22-28-19-17-18(10-12-21-29-23(34-30-21)24(25,26)27)9-11-20(19)32(22)14-13-31(5-2)15-16-33-3/h9-12,17H,4-8,13-16H2,1-3H3/b12-10+. The van der Waals surface area contributed by atoms with Gasteiger partial charge in [0, 0.05) is 33.2 Å². The van der Waals surface area contributed by atoms with Gasteiger partial charge in [0.05, 0.1) is 17.6 Å². The number of nitrogens with zero attached hydrogens (tertiary/aromatic N) is 5. The lowest BCUT2D eigenvalue weighted by Gasteiger charge is -2.21. The number of benzene rings is 1. The number of unbranched alkanes of at least 4 members (excludes halogenated alkanes) is 2. The molecule has 0 saturated heterocycles. The molecule has 0 fully saturated rings. The van der Waals surface area contributed by atoms with E-state index in [2.05, 4.69) is 38.0 Å². The number of methoxy groups -OCH3 is 1. The maximum atomic E-state index is 12.6. The lowest BCUT2D eigenvalue weighted by atomic mass is 10.2. The van der Waals surface area contributed by atoms with Crippen molar-refractivity contribution in [1.29, 1.82) is 0 Å². The molecular formula is C24H32F3N5O2. The molecule has 0 saturated carbocycles. The number of likely N-dealkylation sites (N-methyl/N-ethyl adjacent to an activating group) is 1. The summed E-state index contributed by atoms with van der Waals surface area (Å²) in [6, 6.07) is 5.85. The molecule has 0 aliphatic carbocycles. The minimum atomic E-state index is -4.66. The first-order chi connectivity index (χ1) is 16.4. The van der Waals surface area contributed by atoms with Crippen molar-refractivity contribution in [1.82, 2.24) is 24.6 Å². The van der Waals surface area contributed by atoms with Crippen LogP contribution in [0.5, 0.6) is 0 Å². The molecule has 0 bridgehead atoms. The molecule has 3 rings (SSSR count). The van der Waals surface area contributed by atoms with Gasteiger partial charge in [-0.15, -0.1) is 0 Å². The summed E-state index contributed by atoms with van der Waals surface area (Å²) in [6.07, 6.45) is 2.67. The van der Waals surface area contributed by atoms with E-state index >= 15 is 0 Å². The van der Waals surface area contributed by atoms with Crippen molar-refractivity contribution in [3.63, 3.8) is 0 Å². The molecule has 34 heavy (non-hydrogen) atoms. The van der Waals surface area contributed by atoms with Crippen LogP contribution in [0.1, 0.15) is 56.2 Å². The van der Waals surface area contributed by atoms with Crippen molar-refractivity contribution in [3.05, 3.63) is 41.3 Å². The summed E-state index contributed by atoms with van der Waals surface area (Å²) in [5, 5.41) is 3.36. The SMILES string of the molecule is CCCCCc1nc2cc(/C=C/c3noc(C(F)(F)F)n3)ccc2n1CCN(CC)CCOC. The average molecular weight is 480 g/mol. The fourth-order valence-corrected chi connectivity index (χ4v) is 3.75. The van der Waals surface area contributed by atoms with Gasteiger partial charge < -0.3 is 13.8 Å². The number of hydrogen-bond acceptors (Lipinski definition) is 6. The fourth-order valence-electron chi connectivity index (χ4n) is 3.75. The summed E-state index contributed by atoms with van der Waals surface area (Å²) < 4.78 is 49.7. The highest BCUT2D eigenvalue weighted by molar-refractivity contribution is 5.81. The predicted molar refractivity (Wildman–Crippen MR) is 125 cm³/mol. The Morgan fingerprint density at radius 2 is 1.94 bits per heavy atom. The number of hydrogen-bond donors (Lipinski definition) is 0. The fraction of sp³-hybridized carbons (Fsp3) is 0.542. The van der Waals surface area contributed by atoms with Gasteiger partial charge in [-0.2, -0.15) is 18.2 Å². The van der Waals surface area contributed by atoms with Crippen LogP contribution in [0.3, 0.4) is 0 Å². The summed E-state index contributed by atoms with van der Waals surface area (Å²) >= 11 is 0. The molecule has 2 heterocycles. The van der Waals surface area contributed by atoms with Gasteiger partial charge in [-0.25, -0.2) is 4.98 Å². The van der Waals surface area contributed by atoms with E-state index in [4.69, 9.17) is 9.72 Å². The second kappa shape index (κ2) is 12.1. The van der Waals surface area contributed by atoms with Crippen LogP contribution in [0.25, 0.3) is 23.2 Å². The van der Waals surface area contributed by atoms with Crippen molar-refractivity contribution in [2.24, 2.45) is 0 Å². The summed E-state index contributed by atoms with van der Waals surface area (Å²) in [5.74, 6) is -0.432. The van der Waals surface area contributed by atoms with Crippen LogP contribution in [0.4, 0.5) is 13.2 Å². The normalized spacial score (nSPS) is 12.6. The zero-order valence-corrected chi connectivity index (χ0v) is 19.9. The van der Waals surface area contributed by atoms with Crippen LogP contribution < -0.4 is 0 Å². The van der Waals surface area contributed by atoms with Gasteiger partial charge in [0.1, 0.15) is 5.82 Å². The molecule has 3 aromatic rings. The molecule has 0 atom stereocenters. The van der Waals surface area contributed by atoms with E-state index in [1.165, 1.54) is 6.08 Å². The minimum absolute atomic E-state index is 0.131. The molecule has 2 aromatic heterocycles. The van der Waals surface area contributed by atoms with Crippen LogP contribution in [-0.4, -0.2) is 57.9 Å². The summed E-state index contributed by atoms with van der Waals surface area (Å²) in [6.45, 7) is 8.57. The van der Waals surface area contributed by atoms with Gasteiger partial charge in [-0.3, -0.25) is 4.90 Å². The highest BCUT2D eigenvalue weighted by Crippen LogP contribution is 2.27. The van der Waals surface area contributed by atoms with E-state index in [1.807, 2.05) is 18.2 Å². The zero-order valence-electron chi connectivity index (χ0n) is 19.9. The third-order valence-corrected chi connectivity index (χ3v) is 5.66. The topological polar surface area (TPSA) is 69.2 Å². The quantitative estimate of drug-likeness (QED) is 0.310. The van der Waals surface area contributed by atoms with E-state index in [0.29, 0.717) is 6.61 Å². The van der Waals surface area contributed by atoms with E-state index in [-0.39, 0.29) is 5.82 Å². The van der Waals surface area contributed by atoms with Gasteiger partial charge >= 0.3 is 12.1 Å². The number of rotatable bonds is 13. The van der Waals surface area contributed by atoms with Gasteiger partial charge in [-0.05, 0) is 36.7 Å². The van der Waals surface area contributed by atoms with E-state index < -0.39 is 12.1 Å². The Morgan fingerprint density at radius 3 is 2.62 bits per heavy atom. The van der Waals surface area contributed by atoms with E-state index in [9.17, 15) is 13.2 Å². The first-order valence-electron chi connectivity index (χ1n) is 11.6. The number of imidazole rings is 1. The van der Waals surface area contributed by atoms with Gasteiger partial charge in [0.25, 0.3) is 0 Å². The predicted octanol–water partition coefficient (Wildman–Crippen LogP) is 5.31. The molecule has 0 spiro atoms. The molecule has 0 aliphatic rings. The average Bonchev–Trinajstić information content (AvgIpc) is 3.42. The monoisotopic (exact) mass is 479 g/mol. The van der Waals surface area contributed by atoms with Crippen molar-refractivity contribution in [3.8, 4) is 0 Å². The zero-order chi connectivity index (χ0) is 24.6. The number of aryl methyl sites for hydroxylation is 1. The maximum Gasteiger partial charge on any atom is 0.471 e. The molecule has 1 aromatic carbocycles. The number of fused-ring (bicyclic) bond motifs is 1. The third kappa shape index (κ3) is 6.89. The Labute approximate surface area is 197 Å². The smallest absolute Gasteiger partial charge is 0.383 e. The maximum absolute atomic E-state index is 12.6. The third-order valence-electron chi connectivity index (χ3n) is 5.66. The number of aromatic nitrogens is 4. The lowest BCUT2D eigenvalue weighted by molar-refractivity contribution is -0.159. The first kappa shape index (κ1) is 25.9. The number of alkyl halides is 3. The number of halogens is 3. The summed E-state index contributed by atoms with van der Waals surface area (Å²) in [7, 11) is 1.71. The Hall–Kier alpha value is -2.72. The highest BCUT2D eigenvalue weighted by atomic mass is 19.4. The molecule has 0 radical (unpaired) electrons. The molecule has 0 amide bonds. The molecule has 10 heteroatoms. The van der Waals surface area contributed by atoms with Gasteiger partial charge in [0.2, 0.25) is 0 Å². The second-order valence-corrected chi connectivity index (χ2v) is 8.10. The van der Waals surface area contributed by atoms with E-state index in [1.54, 1.807) is 13.2 Å². The summed E-state index contributed by atoms with van der Waals surface area (Å²) in [4.78, 5) is 10.6. The highest BCUT2D eigenvalue weighted by Gasteiger charge is 2.38. The van der Waals surface area contributed by atoms with Crippen molar-refractivity contribution >= 4 is 23.2 Å². The molecular weight excluding hydrogens is 447 g/mol. The number of ether oxygens (including phenoxy) is 1. The molecule has 7 nitrogen and oxygen atoms in total. The van der Waals surface area contributed by atoms with Crippen LogP contribution in [0.15, 0.2) is 22.7 Å². The van der Waals surface area contributed by atoms with Crippen molar-refractivity contribution < 1.29 is 22.4 Å². The lowest BCUT2D eigenvalue weighted by Crippen LogP contribution is -2.30. The van der Waals surface area contributed by atoms with Gasteiger partial charge in [0.15, 0.2) is 5.82 Å². The Kier molecular flexibility index (Phi) is 9.23. The summed E-state index contributed by atoms with van der Waals surface area (Å²) in [5.41, 5.74) is 2.70. The van der Waals surface area contributed by atoms with Crippen molar-refractivity contribution in [2.75, 3.05) is 33.4 Å². The molecule has 0 aliphatic heterocycles. The largest absolute Gasteiger partial charge is 0.471 e. The second-order valence-electron chi connectivity index (χ2n) is 8.10. The first-order valence-corrected chi connectivity index (χ1v) is 11.6. The van der Waals surface area contributed by atoms with Crippen molar-refractivity contribution in [2.45, 2.75) is 52.3 Å². The Morgan fingerprint density at radius 1 is 1.12 bits per heavy atom. The van der Waals surface area contributed by atoms with Crippen LogP contribution in [0, 0.1) is 0 Å². The molecule has 0 N–H and O–H groups in total. The molecule has 0 unspecified atom stereocenters. The Balaban J connectivity index is 1.81. The van der Waals surface area contributed by atoms with E-state index in [0.717, 1.165) is 74.3 Å².